The SMILES string of the molecule is Nc1ccc(OC2CCOCC2)c2ncccc12. The van der Waals surface area contributed by atoms with Crippen LogP contribution in [0.4, 0.5) is 5.69 Å². The van der Waals surface area contributed by atoms with Crippen molar-refractivity contribution in [3.8, 4) is 5.75 Å². The summed E-state index contributed by atoms with van der Waals surface area (Å²) in [5.41, 5.74) is 7.51. The lowest BCUT2D eigenvalue weighted by Gasteiger charge is -2.23. The van der Waals surface area contributed by atoms with Crippen molar-refractivity contribution in [3.05, 3.63) is 30.5 Å². The lowest BCUT2D eigenvalue weighted by molar-refractivity contribution is 0.0261. The van der Waals surface area contributed by atoms with Crippen LogP contribution in [0.5, 0.6) is 5.75 Å². The van der Waals surface area contributed by atoms with Crippen molar-refractivity contribution in [2.45, 2.75) is 18.9 Å². The van der Waals surface area contributed by atoms with Gasteiger partial charge in [0.05, 0.1) is 13.2 Å². The summed E-state index contributed by atoms with van der Waals surface area (Å²) in [5.74, 6) is 0.812. The Morgan fingerprint density at radius 3 is 2.89 bits per heavy atom. The van der Waals surface area contributed by atoms with Gasteiger partial charge in [0.15, 0.2) is 0 Å². The lowest BCUT2D eigenvalue weighted by Crippen LogP contribution is -2.26. The average molecular weight is 244 g/mol. The standard InChI is InChI=1S/C14H16N2O2/c15-12-3-4-13(14-11(12)2-1-7-16-14)18-10-5-8-17-9-6-10/h1-4,7,10H,5-6,8-9,15H2. The zero-order chi connectivity index (χ0) is 12.4. The summed E-state index contributed by atoms with van der Waals surface area (Å²) < 4.78 is 11.4. The second-order valence-corrected chi connectivity index (χ2v) is 4.48. The van der Waals surface area contributed by atoms with E-state index in [0.717, 1.165) is 48.4 Å². The normalized spacial score (nSPS) is 16.9. The van der Waals surface area contributed by atoms with E-state index in [4.69, 9.17) is 15.2 Å². The molecule has 0 atom stereocenters. The summed E-state index contributed by atoms with van der Waals surface area (Å²) >= 11 is 0. The molecule has 18 heavy (non-hydrogen) atoms. The van der Waals surface area contributed by atoms with E-state index in [9.17, 15) is 0 Å². The van der Waals surface area contributed by atoms with Gasteiger partial charge in [-0.15, -0.1) is 0 Å². The van der Waals surface area contributed by atoms with Crippen molar-refractivity contribution in [1.82, 2.24) is 4.98 Å². The van der Waals surface area contributed by atoms with Gasteiger partial charge >= 0.3 is 0 Å². The highest BCUT2D eigenvalue weighted by molar-refractivity contribution is 5.94. The molecule has 2 N–H and O–H groups in total. The van der Waals surface area contributed by atoms with Gasteiger partial charge in [0.2, 0.25) is 0 Å². The highest BCUT2D eigenvalue weighted by Gasteiger charge is 2.17. The summed E-state index contributed by atoms with van der Waals surface area (Å²) in [6.07, 6.45) is 3.84. The predicted molar refractivity (Wildman–Crippen MR) is 70.6 cm³/mol. The van der Waals surface area contributed by atoms with E-state index in [0.29, 0.717) is 0 Å². The largest absolute Gasteiger partial charge is 0.488 e. The van der Waals surface area contributed by atoms with Crippen LogP contribution in [0.3, 0.4) is 0 Å². The predicted octanol–water partition coefficient (Wildman–Crippen LogP) is 2.37. The molecule has 1 aliphatic heterocycles. The number of benzene rings is 1. The molecule has 0 saturated carbocycles. The first kappa shape index (κ1) is 11.3. The van der Waals surface area contributed by atoms with E-state index in [1.54, 1.807) is 6.20 Å². The molecule has 3 rings (SSSR count). The molecular weight excluding hydrogens is 228 g/mol. The Bertz CT molecular complexity index is 550. The summed E-state index contributed by atoms with van der Waals surface area (Å²) in [6, 6.07) is 7.63. The average Bonchev–Trinajstić information content (AvgIpc) is 2.44. The molecule has 0 radical (unpaired) electrons. The maximum atomic E-state index is 6.03. The number of pyridine rings is 1. The van der Waals surface area contributed by atoms with Gasteiger partial charge in [0, 0.05) is 30.1 Å². The summed E-state index contributed by atoms with van der Waals surface area (Å²) in [5, 5.41) is 0.946. The number of aromatic nitrogens is 1. The van der Waals surface area contributed by atoms with E-state index < -0.39 is 0 Å². The molecule has 1 saturated heterocycles. The van der Waals surface area contributed by atoms with Crippen molar-refractivity contribution in [3.63, 3.8) is 0 Å². The second-order valence-electron chi connectivity index (χ2n) is 4.48. The minimum atomic E-state index is 0.215. The lowest BCUT2D eigenvalue weighted by atomic mass is 10.1. The number of fused-ring (bicyclic) bond motifs is 1. The third-order valence-electron chi connectivity index (χ3n) is 3.23. The number of nitrogens with zero attached hydrogens (tertiary/aromatic N) is 1. The van der Waals surface area contributed by atoms with E-state index >= 15 is 0 Å². The first-order chi connectivity index (χ1) is 8.84. The van der Waals surface area contributed by atoms with Crippen molar-refractivity contribution in [2.24, 2.45) is 0 Å². The van der Waals surface area contributed by atoms with Crippen LogP contribution in [0.1, 0.15) is 12.8 Å². The minimum Gasteiger partial charge on any atom is -0.488 e. The molecule has 0 spiro atoms. The fourth-order valence-electron chi connectivity index (χ4n) is 2.24. The maximum Gasteiger partial charge on any atom is 0.146 e. The van der Waals surface area contributed by atoms with Gasteiger partial charge in [-0.25, -0.2) is 0 Å². The second kappa shape index (κ2) is 4.82. The van der Waals surface area contributed by atoms with Crippen LogP contribution in [0, 0.1) is 0 Å². The Morgan fingerprint density at radius 1 is 1.22 bits per heavy atom. The van der Waals surface area contributed by atoms with Gasteiger partial charge in [-0.3, -0.25) is 4.98 Å². The Labute approximate surface area is 106 Å². The van der Waals surface area contributed by atoms with Gasteiger partial charge in [0.1, 0.15) is 17.4 Å². The summed E-state index contributed by atoms with van der Waals surface area (Å²) in [7, 11) is 0. The molecule has 0 unspecified atom stereocenters. The van der Waals surface area contributed by atoms with Gasteiger partial charge in [0.25, 0.3) is 0 Å². The molecule has 1 fully saturated rings. The Balaban J connectivity index is 1.94. The molecule has 4 heteroatoms. The molecule has 0 aliphatic carbocycles. The molecule has 4 nitrogen and oxygen atoms in total. The number of hydrogen-bond acceptors (Lipinski definition) is 4. The quantitative estimate of drug-likeness (QED) is 0.824. The molecule has 1 aromatic heterocycles. The molecular formula is C14H16N2O2. The first-order valence-electron chi connectivity index (χ1n) is 6.22. The molecule has 2 aromatic rings. The van der Waals surface area contributed by atoms with Crippen molar-refractivity contribution in [2.75, 3.05) is 18.9 Å². The number of hydrogen-bond donors (Lipinski definition) is 1. The molecule has 1 aromatic carbocycles. The van der Waals surface area contributed by atoms with Crippen LogP contribution in [0.25, 0.3) is 10.9 Å². The molecule has 2 heterocycles. The molecule has 0 amide bonds. The van der Waals surface area contributed by atoms with Gasteiger partial charge in [-0.1, -0.05) is 0 Å². The van der Waals surface area contributed by atoms with Crippen LogP contribution in [-0.4, -0.2) is 24.3 Å². The first-order valence-corrected chi connectivity index (χ1v) is 6.22. The highest BCUT2D eigenvalue weighted by Crippen LogP contribution is 2.29. The fraction of sp³-hybridized carbons (Fsp3) is 0.357. The van der Waals surface area contributed by atoms with Crippen LogP contribution in [0.2, 0.25) is 0 Å². The van der Waals surface area contributed by atoms with Crippen molar-refractivity contribution >= 4 is 16.6 Å². The van der Waals surface area contributed by atoms with E-state index in [1.165, 1.54) is 0 Å². The van der Waals surface area contributed by atoms with Crippen LogP contribution >= 0.6 is 0 Å². The third kappa shape index (κ3) is 2.11. The molecule has 94 valence electrons. The van der Waals surface area contributed by atoms with E-state index in [2.05, 4.69) is 4.98 Å². The van der Waals surface area contributed by atoms with Crippen molar-refractivity contribution in [1.29, 1.82) is 0 Å². The highest BCUT2D eigenvalue weighted by atomic mass is 16.5. The number of anilines is 1. The third-order valence-corrected chi connectivity index (χ3v) is 3.23. The summed E-state index contributed by atoms with van der Waals surface area (Å²) in [6.45, 7) is 1.54. The van der Waals surface area contributed by atoms with E-state index in [-0.39, 0.29) is 6.10 Å². The Morgan fingerprint density at radius 2 is 2.06 bits per heavy atom. The summed E-state index contributed by atoms with van der Waals surface area (Å²) in [4.78, 5) is 4.37. The minimum absolute atomic E-state index is 0.215. The topological polar surface area (TPSA) is 57.4 Å². The van der Waals surface area contributed by atoms with Gasteiger partial charge in [-0.05, 0) is 24.3 Å². The van der Waals surface area contributed by atoms with Crippen LogP contribution in [-0.2, 0) is 4.74 Å². The zero-order valence-electron chi connectivity index (χ0n) is 10.1. The van der Waals surface area contributed by atoms with Gasteiger partial charge in [-0.2, -0.15) is 0 Å². The monoisotopic (exact) mass is 244 g/mol. The molecule has 0 bridgehead atoms. The van der Waals surface area contributed by atoms with Gasteiger partial charge < -0.3 is 15.2 Å². The number of nitrogen functional groups attached to an aromatic ring is 1. The van der Waals surface area contributed by atoms with Crippen molar-refractivity contribution < 1.29 is 9.47 Å². The van der Waals surface area contributed by atoms with E-state index in [1.807, 2.05) is 24.3 Å². The molecule has 1 aliphatic rings. The van der Waals surface area contributed by atoms with Crippen LogP contribution in [0.15, 0.2) is 30.5 Å². The smallest absolute Gasteiger partial charge is 0.146 e. The maximum absolute atomic E-state index is 6.03. The van der Waals surface area contributed by atoms with Crippen LogP contribution < -0.4 is 10.5 Å². The number of nitrogens with two attached hydrogens (primary N) is 1. The zero-order valence-corrected chi connectivity index (χ0v) is 10.1. The Kier molecular flexibility index (Phi) is 3.02. The number of rotatable bonds is 2. The number of ether oxygens (including phenoxy) is 2. The fourth-order valence-corrected chi connectivity index (χ4v) is 2.24. The Hall–Kier alpha value is -1.81.